The summed E-state index contributed by atoms with van der Waals surface area (Å²) in [5.41, 5.74) is 7.82. The summed E-state index contributed by atoms with van der Waals surface area (Å²) in [6, 6.07) is 3.25. The third-order valence-electron chi connectivity index (χ3n) is 4.15. The van der Waals surface area contributed by atoms with Crippen molar-refractivity contribution in [2.75, 3.05) is 19.8 Å². The van der Waals surface area contributed by atoms with Crippen molar-refractivity contribution in [1.29, 1.82) is 0 Å². The second kappa shape index (κ2) is 6.84. The van der Waals surface area contributed by atoms with Crippen LogP contribution in [-0.4, -0.2) is 36.7 Å². The molecule has 1 fully saturated rings. The molecule has 4 heteroatoms. The Bertz CT molecular complexity index is 393. The lowest BCUT2D eigenvalue weighted by molar-refractivity contribution is -0.0356. The molecule has 1 aliphatic heterocycles. The SMILES string of the molecule is CCC(N)C(c1sccc1C)N1CCOCC1CC. The molecule has 1 aliphatic rings. The van der Waals surface area contributed by atoms with Gasteiger partial charge in [0.25, 0.3) is 0 Å². The van der Waals surface area contributed by atoms with Crippen molar-refractivity contribution in [1.82, 2.24) is 4.90 Å². The number of nitrogens with zero attached hydrogens (tertiary/aromatic N) is 1. The van der Waals surface area contributed by atoms with Crippen LogP contribution in [0, 0.1) is 6.92 Å². The maximum absolute atomic E-state index is 6.45. The summed E-state index contributed by atoms with van der Waals surface area (Å²) in [6.45, 7) is 9.28. The summed E-state index contributed by atoms with van der Waals surface area (Å²) in [4.78, 5) is 4.02. The zero-order valence-electron chi connectivity index (χ0n) is 12.3. The normalized spacial score (nSPS) is 24.3. The maximum atomic E-state index is 6.45. The monoisotopic (exact) mass is 282 g/mol. The zero-order chi connectivity index (χ0) is 13.8. The van der Waals surface area contributed by atoms with Gasteiger partial charge in [-0.05, 0) is 36.8 Å². The first-order valence-electron chi connectivity index (χ1n) is 7.32. The topological polar surface area (TPSA) is 38.5 Å². The number of hydrogen-bond donors (Lipinski definition) is 1. The van der Waals surface area contributed by atoms with Gasteiger partial charge >= 0.3 is 0 Å². The smallest absolute Gasteiger partial charge is 0.0622 e. The maximum Gasteiger partial charge on any atom is 0.0622 e. The fourth-order valence-electron chi connectivity index (χ4n) is 2.89. The predicted molar refractivity (Wildman–Crippen MR) is 81.7 cm³/mol. The molecule has 1 saturated heterocycles. The van der Waals surface area contributed by atoms with Crippen molar-refractivity contribution < 1.29 is 4.74 Å². The number of nitrogens with two attached hydrogens (primary N) is 1. The second-order valence-electron chi connectivity index (χ2n) is 5.36. The lowest BCUT2D eigenvalue weighted by Gasteiger charge is -2.43. The van der Waals surface area contributed by atoms with Crippen molar-refractivity contribution in [3.8, 4) is 0 Å². The van der Waals surface area contributed by atoms with E-state index < -0.39 is 0 Å². The van der Waals surface area contributed by atoms with Gasteiger partial charge < -0.3 is 10.5 Å². The summed E-state index contributed by atoms with van der Waals surface area (Å²) in [5.74, 6) is 0. The summed E-state index contributed by atoms with van der Waals surface area (Å²) in [5, 5.41) is 2.18. The fraction of sp³-hybridized carbons (Fsp3) is 0.733. The van der Waals surface area contributed by atoms with Gasteiger partial charge in [0, 0.05) is 23.5 Å². The van der Waals surface area contributed by atoms with Crippen molar-refractivity contribution in [3.63, 3.8) is 0 Å². The van der Waals surface area contributed by atoms with Gasteiger partial charge in [-0.1, -0.05) is 13.8 Å². The highest BCUT2D eigenvalue weighted by atomic mass is 32.1. The van der Waals surface area contributed by atoms with E-state index in [2.05, 4.69) is 37.1 Å². The average molecular weight is 282 g/mol. The number of morpholine rings is 1. The summed E-state index contributed by atoms with van der Waals surface area (Å²) >= 11 is 1.85. The highest BCUT2D eigenvalue weighted by molar-refractivity contribution is 7.10. The first-order chi connectivity index (χ1) is 9.19. The first-order valence-corrected chi connectivity index (χ1v) is 8.20. The number of thiophene rings is 1. The van der Waals surface area contributed by atoms with E-state index in [0.717, 1.165) is 32.6 Å². The van der Waals surface area contributed by atoms with Gasteiger partial charge in [-0.2, -0.15) is 0 Å². The highest BCUT2D eigenvalue weighted by Gasteiger charge is 2.33. The van der Waals surface area contributed by atoms with Gasteiger partial charge in [-0.25, -0.2) is 0 Å². The van der Waals surface area contributed by atoms with Crippen LogP contribution >= 0.6 is 11.3 Å². The molecule has 2 N–H and O–H groups in total. The van der Waals surface area contributed by atoms with Crippen LogP contribution in [0.3, 0.4) is 0 Å². The molecule has 2 heterocycles. The molecule has 3 unspecified atom stereocenters. The summed E-state index contributed by atoms with van der Waals surface area (Å²) < 4.78 is 5.64. The van der Waals surface area contributed by atoms with Gasteiger partial charge in [0.2, 0.25) is 0 Å². The van der Waals surface area contributed by atoms with E-state index in [1.54, 1.807) is 0 Å². The molecule has 0 saturated carbocycles. The molecule has 1 aromatic heterocycles. The van der Waals surface area contributed by atoms with E-state index in [-0.39, 0.29) is 6.04 Å². The molecule has 108 valence electrons. The summed E-state index contributed by atoms with van der Waals surface area (Å²) in [7, 11) is 0. The van der Waals surface area contributed by atoms with Crippen LogP contribution in [0.4, 0.5) is 0 Å². The van der Waals surface area contributed by atoms with Crippen LogP contribution in [0.5, 0.6) is 0 Å². The largest absolute Gasteiger partial charge is 0.378 e. The van der Waals surface area contributed by atoms with E-state index in [0.29, 0.717) is 12.1 Å². The standard InChI is InChI=1S/C15H26N2OS/c1-4-12-10-18-8-7-17(12)14(13(16)5-2)15-11(3)6-9-19-15/h6,9,12-14H,4-5,7-8,10,16H2,1-3H3. The Hall–Kier alpha value is -0.420. The molecule has 0 spiro atoms. The molecule has 19 heavy (non-hydrogen) atoms. The lowest BCUT2D eigenvalue weighted by Crippen LogP contribution is -2.51. The second-order valence-corrected chi connectivity index (χ2v) is 6.31. The molecule has 1 aromatic rings. The molecule has 0 radical (unpaired) electrons. The Balaban J connectivity index is 2.29. The average Bonchev–Trinajstić information content (AvgIpc) is 2.85. The van der Waals surface area contributed by atoms with Crippen molar-refractivity contribution >= 4 is 11.3 Å². The third-order valence-corrected chi connectivity index (χ3v) is 5.24. The van der Waals surface area contributed by atoms with Crippen LogP contribution in [0.25, 0.3) is 0 Å². The van der Waals surface area contributed by atoms with Gasteiger partial charge in [0.05, 0.1) is 19.3 Å². The molecular weight excluding hydrogens is 256 g/mol. The lowest BCUT2D eigenvalue weighted by atomic mass is 9.97. The van der Waals surface area contributed by atoms with Crippen molar-refractivity contribution in [3.05, 3.63) is 21.9 Å². The van der Waals surface area contributed by atoms with E-state index in [4.69, 9.17) is 10.5 Å². The Labute approximate surface area is 120 Å². The van der Waals surface area contributed by atoms with Crippen molar-refractivity contribution in [2.24, 2.45) is 5.73 Å². The molecule has 0 bridgehead atoms. The van der Waals surface area contributed by atoms with E-state index >= 15 is 0 Å². The Morgan fingerprint density at radius 2 is 2.32 bits per heavy atom. The van der Waals surface area contributed by atoms with Crippen LogP contribution in [0.1, 0.15) is 43.2 Å². The number of ether oxygens (including phenoxy) is 1. The Kier molecular flexibility index (Phi) is 5.39. The van der Waals surface area contributed by atoms with Gasteiger partial charge in [0.1, 0.15) is 0 Å². The van der Waals surface area contributed by atoms with Crippen LogP contribution in [-0.2, 0) is 4.74 Å². The van der Waals surface area contributed by atoms with Gasteiger partial charge in [-0.3, -0.25) is 4.90 Å². The van der Waals surface area contributed by atoms with Crippen LogP contribution < -0.4 is 5.73 Å². The minimum Gasteiger partial charge on any atom is -0.378 e. The molecule has 0 amide bonds. The minimum atomic E-state index is 0.199. The number of hydrogen-bond acceptors (Lipinski definition) is 4. The van der Waals surface area contributed by atoms with Crippen LogP contribution in [0.15, 0.2) is 11.4 Å². The number of rotatable bonds is 5. The molecule has 0 aromatic carbocycles. The molecule has 3 atom stereocenters. The van der Waals surface area contributed by atoms with Gasteiger partial charge in [0.15, 0.2) is 0 Å². The van der Waals surface area contributed by atoms with E-state index in [1.165, 1.54) is 10.4 Å². The molecule has 0 aliphatic carbocycles. The highest BCUT2D eigenvalue weighted by Crippen LogP contribution is 2.34. The fourth-order valence-corrected chi connectivity index (χ4v) is 4.01. The zero-order valence-corrected chi connectivity index (χ0v) is 13.1. The number of aryl methyl sites for hydroxylation is 1. The van der Waals surface area contributed by atoms with Crippen LogP contribution in [0.2, 0.25) is 0 Å². The Morgan fingerprint density at radius 1 is 1.53 bits per heavy atom. The minimum absolute atomic E-state index is 0.199. The van der Waals surface area contributed by atoms with E-state index in [1.807, 2.05) is 11.3 Å². The Morgan fingerprint density at radius 3 is 2.89 bits per heavy atom. The molecule has 2 rings (SSSR count). The van der Waals surface area contributed by atoms with E-state index in [9.17, 15) is 0 Å². The summed E-state index contributed by atoms with van der Waals surface area (Å²) in [6.07, 6.45) is 2.13. The molecule has 3 nitrogen and oxygen atoms in total. The third kappa shape index (κ3) is 3.19. The predicted octanol–water partition coefficient (Wildman–Crippen LogP) is 2.95. The van der Waals surface area contributed by atoms with Gasteiger partial charge in [-0.15, -0.1) is 11.3 Å². The molecular formula is C15H26N2OS. The quantitative estimate of drug-likeness (QED) is 0.902. The first kappa shape index (κ1) is 15.0. The van der Waals surface area contributed by atoms with Crippen molar-refractivity contribution in [2.45, 2.75) is 51.7 Å².